The topological polar surface area (TPSA) is 101 Å². The normalized spacial score (nSPS) is 16.6. The Hall–Kier alpha value is -1.60. The molecule has 1 amide bonds. The number of carbonyl (C=O) groups excluding carboxylic acids is 1. The minimum atomic E-state index is -3.37. The van der Waals surface area contributed by atoms with Crippen LogP contribution in [0.3, 0.4) is 0 Å². The molecule has 4 N–H and O–H groups in total. The van der Waals surface area contributed by atoms with Crippen LogP contribution in [0.15, 0.2) is 23.1 Å². The van der Waals surface area contributed by atoms with Crippen LogP contribution in [0.2, 0.25) is 0 Å². The van der Waals surface area contributed by atoms with Gasteiger partial charge in [-0.05, 0) is 31.9 Å². The third-order valence-electron chi connectivity index (χ3n) is 3.02. The molecule has 0 heterocycles. The lowest BCUT2D eigenvalue weighted by Gasteiger charge is -2.17. The Labute approximate surface area is 118 Å². The summed E-state index contributed by atoms with van der Waals surface area (Å²) >= 11 is 0. The molecular formula is C13H19N3O3S. The second-order valence-electron chi connectivity index (χ2n) is 5.15. The first-order chi connectivity index (χ1) is 9.29. The highest BCUT2D eigenvalue weighted by Crippen LogP contribution is 2.34. The van der Waals surface area contributed by atoms with E-state index in [1.807, 2.05) is 0 Å². The maximum absolute atomic E-state index is 11.9. The van der Waals surface area contributed by atoms with Crippen LogP contribution >= 0.6 is 0 Å². The fourth-order valence-electron chi connectivity index (χ4n) is 1.77. The van der Waals surface area contributed by atoms with E-state index in [2.05, 4.69) is 10.6 Å². The largest absolute Gasteiger partial charge is 0.380 e. The number of carbonyl (C=O) groups is 1. The third kappa shape index (κ3) is 3.49. The summed E-state index contributed by atoms with van der Waals surface area (Å²) in [4.78, 5) is 11.9. The zero-order valence-electron chi connectivity index (χ0n) is 11.5. The second-order valence-corrected chi connectivity index (χ2v) is 7.13. The molecule has 2 rings (SSSR count). The summed E-state index contributed by atoms with van der Waals surface area (Å²) in [7, 11) is -3.37. The van der Waals surface area contributed by atoms with Gasteiger partial charge >= 0.3 is 0 Å². The summed E-state index contributed by atoms with van der Waals surface area (Å²) in [6.07, 6.45) is 3.15. The van der Waals surface area contributed by atoms with Crippen LogP contribution in [0.5, 0.6) is 0 Å². The summed E-state index contributed by atoms with van der Waals surface area (Å²) in [5.74, 6) is -0.352. The van der Waals surface area contributed by atoms with Crippen molar-refractivity contribution in [1.29, 1.82) is 0 Å². The molecule has 0 aliphatic heterocycles. The number of para-hydroxylation sites is 1. The van der Waals surface area contributed by atoms with Crippen LogP contribution < -0.4 is 16.4 Å². The molecule has 0 radical (unpaired) electrons. The van der Waals surface area contributed by atoms with Crippen molar-refractivity contribution in [2.24, 2.45) is 5.73 Å². The highest BCUT2D eigenvalue weighted by atomic mass is 32.2. The van der Waals surface area contributed by atoms with E-state index in [1.165, 1.54) is 6.07 Å². The lowest BCUT2D eigenvalue weighted by atomic mass is 10.2. The van der Waals surface area contributed by atoms with Crippen molar-refractivity contribution in [3.05, 3.63) is 18.2 Å². The van der Waals surface area contributed by atoms with Crippen LogP contribution in [0.25, 0.3) is 0 Å². The molecule has 1 aromatic carbocycles. The van der Waals surface area contributed by atoms with E-state index in [4.69, 9.17) is 5.73 Å². The van der Waals surface area contributed by atoms with E-state index in [9.17, 15) is 13.2 Å². The zero-order valence-corrected chi connectivity index (χ0v) is 12.3. The molecule has 0 bridgehead atoms. The molecular weight excluding hydrogens is 278 g/mol. The van der Waals surface area contributed by atoms with Crippen molar-refractivity contribution in [2.75, 3.05) is 16.9 Å². The van der Waals surface area contributed by atoms with Gasteiger partial charge < -0.3 is 16.4 Å². The predicted molar refractivity (Wildman–Crippen MR) is 78.5 cm³/mol. The molecule has 0 aromatic heterocycles. The molecule has 1 aromatic rings. The van der Waals surface area contributed by atoms with Crippen molar-refractivity contribution in [1.82, 2.24) is 0 Å². The van der Waals surface area contributed by atoms with Gasteiger partial charge in [-0.15, -0.1) is 0 Å². The highest BCUT2D eigenvalue weighted by molar-refractivity contribution is 7.90. The quantitative estimate of drug-likeness (QED) is 0.751. The number of sulfone groups is 1. The molecule has 0 spiro atoms. The fourth-order valence-corrected chi connectivity index (χ4v) is 2.64. The van der Waals surface area contributed by atoms with Gasteiger partial charge in [-0.25, -0.2) is 8.42 Å². The average Bonchev–Trinajstić information content (AvgIpc) is 3.13. The van der Waals surface area contributed by atoms with Crippen LogP contribution in [-0.4, -0.2) is 32.7 Å². The number of rotatable bonds is 5. The first kappa shape index (κ1) is 14.8. The standard InChI is InChI=1S/C13H19N3O3S/c1-8(14)13(17)16-10-4-3-5-11(20(2,18)19)12(10)15-9-6-7-9/h3-5,8-9,15H,6-7,14H2,1-2H3,(H,16,17)/t8-/m0/s1. The van der Waals surface area contributed by atoms with Crippen molar-refractivity contribution in [3.63, 3.8) is 0 Å². The van der Waals surface area contributed by atoms with Crippen LogP contribution in [-0.2, 0) is 14.6 Å². The number of nitrogens with one attached hydrogen (secondary N) is 2. The smallest absolute Gasteiger partial charge is 0.241 e. The predicted octanol–water partition coefficient (Wildman–Crippen LogP) is 0.950. The molecule has 1 fully saturated rings. The van der Waals surface area contributed by atoms with Crippen LogP contribution in [0.4, 0.5) is 11.4 Å². The highest BCUT2D eigenvalue weighted by Gasteiger charge is 2.26. The first-order valence-electron chi connectivity index (χ1n) is 6.45. The molecule has 1 aliphatic rings. The minimum absolute atomic E-state index is 0.187. The molecule has 20 heavy (non-hydrogen) atoms. The summed E-state index contributed by atoms with van der Waals surface area (Å²) < 4.78 is 23.7. The number of benzene rings is 1. The van der Waals surface area contributed by atoms with Crippen LogP contribution in [0, 0.1) is 0 Å². The third-order valence-corrected chi connectivity index (χ3v) is 4.16. The Morgan fingerprint density at radius 3 is 2.55 bits per heavy atom. The van der Waals surface area contributed by atoms with E-state index in [0.29, 0.717) is 11.4 Å². The second kappa shape index (κ2) is 5.41. The molecule has 0 saturated heterocycles. The number of amides is 1. The SMILES string of the molecule is C[C@H](N)C(=O)Nc1cccc(S(C)(=O)=O)c1NC1CC1. The minimum Gasteiger partial charge on any atom is -0.380 e. The Bertz CT molecular complexity index is 622. The number of nitrogens with two attached hydrogens (primary N) is 1. The van der Waals surface area contributed by atoms with Gasteiger partial charge in [0.1, 0.15) is 0 Å². The van der Waals surface area contributed by atoms with Gasteiger partial charge in [0.2, 0.25) is 5.91 Å². The molecule has 1 saturated carbocycles. The average molecular weight is 297 g/mol. The van der Waals surface area contributed by atoms with Crippen molar-refractivity contribution in [2.45, 2.75) is 36.7 Å². The number of hydrogen-bond acceptors (Lipinski definition) is 5. The number of hydrogen-bond donors (Lipinski definition) is 3. The summed E-state index contributed by atoms with van der Waals surface area (Å²) in [5.41, 5.74) is 6.42. The van der Waals surface area contributed by atoms with Gasteiger partial charge in [-0.2, -0.15) is 0 Å². The van der Waals surface area contributed by atoms with Crippen molar-refractivity contribution in [3.8, 4) is 0 Å². The zero-order chi connectivity index (χ0) is 14.9. The van der Waals surface area contributed by atoms with E-state index in [0.717, 1.165) is 19.1 Å². The van der Waals surface area contributed by atoms with Gasteiger partial charge in [0.15, 0.2) is 9.84 Å². The molecule has 0 unspecified atom stereocenters. The lowest BCUT2D eigenvalue weighted by molar-refractivity contribution is -0.117. The molecule has 6 nitrogen and oxygen atoms in total. The van der Waals surface area contributed by atoms with Crippen molar-refractivity contribution < 1.29 is 13.2 Å². The lowest BCUT2D eigenvalue weighted by Crippen LogP contribution is -2.32. The monoisotopic (exact) mass is 297 g/mol. The maximum atomic E-state index is 11.9. The summed E-state index contributed by atoms with van der Waals surface area (Å²) in [6.45, 7) is 1.57. The van der Waals surface area contributed by atoms with Gasteiger partial charge in [0.25, 0.3) is 0 Å². The van der Waals surface area contributed by atoms with Crippen LogP contribution in [0.1, 0.15) is 19.8 Å². The molecule has 1 atom stereocenters. The first-order valence-corrected chi connectivity index (χ1v) is 8.34. The maximum Gasteiger partial charge on any atom is 0.241 e. The molecule has 7 heteroatoms. The Morgan fingerprint density at radius 1 is 1.40 bits per heavy atom. The van der Waals surface area contributed by atoms with Gasteiger partial charge in [-0.1, -0.05) is 6.07 Å². The molecule has 1 aliphatic carbocycles. The van der Waals surface area contributed by atoms with E-state index in [1.54, 1.807) is 19.1 Å². The molecule has 110 valence electrons. The summed E-state index contributed by atoms with van der Waals surface area (Å²) in [5, 5.41) is 5.83. The van der Waals surface area contributed by atoms with Gasteiger partial charge in [0, 0.05) is 12.3 Å². The Morgan fingerprint density at radius 2 is 2.05 bits per heavy atom. The number of anilines is 2. The van der Waals surface area contributed by atoms with E-state index >= 15 is 0 Å². The Kier molecular flexibility index (Phi) is 4.01. The fraction of sp³-hybridized carbons (Fsp3) is 0.462. The van der Waals surface area contributed by atoms with E-state index in [-0.39, 0.29) is 16.8 Å². The van der Waals surface area contributed by atoms with Crippen molar-refractivity contribution >= 4 is 27.1 Å². The Balaban J connectivity index is 2.41. The van der Waals surface area contributed by atoms with E-state index < -0.39 is 15.9 Å². The summed E-state index contributed by atoms with van der Waals surface area (Å²) in [6, 6.07) is 4.40. The van der Waals surface area contributed by atoms with Gasteiger partial charge in [-0.3, -0.25) is 4.79 Å². The van der Waals surface area contributed by atoms with Gasteiger partial charge in [0.05, 0.1) is 22.3 Å².